The quantitative estimate of drug-likeness (QED) is 0.847. The molecule has 0 saturated heterocycles. The van der Waals surface area contributed by atoms with Crippen molar-refractivity contribution >= 4 is 0 Å². The average molecular weight is 264 g/mol. The van der Waals surface area contributed by atoms with Gasteiger partial charge in [-0.25, -0.2) is 0 Å². The fourth-order valence-electron chi connectivity index (χ4n) is 2.38. The van der Waals surface area contributed by atoms with Gasteiger partial charge in [-0.1, -0.05) is 29.3 Å². The Morgan fingerprint density at radius 3 is 2.32 bits per heavy atom. The van der Waals surface area contributed by atoms with Gasteiger partial charge in [0.05, 0.1) is 0 Å². The lowest BCUT2D eigenvalue weighted by atomic mass is 9.97. The van der Waals surface area contributed by atoms with Crippen LogP contribution in [0.4, 0.5) is 0 Å². The molecular formula is C15H20O4. The monoisotopic (exact) mass is 264 g/mol. The zero-order chi connectivity index (χ0) is 14.0. The molecule has 1 aromatic carbocycles. The van der Waals surface area contributed by atoms with Gasteiger partial charge in [-0.05, 0) is 31.6 Å². The molecule has 0 saturated carbocycles. The summed E-state index contributed by atoms with van der Waals surface area (Å²) in [7, 11) is 3.05. The summed E-state index contributed by atoms with van der Waals surface area (Å²) in [4.78, 5) is 0. The summed E-state index contributed by atoms with van der Waals surface area (Å²) in [6.07, 6.45) is 2.02. The molecule has 0 amide bonds. The highest BCUT2D eigenvalue weighted by atomic mass is 16.8. The van der Waals surface area contributed by atoms with Crippen LogP contribution in [0.3, 0.4) is 0 Å². The van der Waals surface area contributed by atoms with Crippen LogP contribution in [0.15, 0.2) is 30.4 Å². The van der Waals surface area contributed by atoms with E-state index in [0.29, 0.717) is 0 Å². The summed E-state index contributed by atoms with van der Waals surface area (Å²) in [5.74, 6) is -1.19. The van der Waals surface area contributed by atoms with E-state index in [1.165, 1.54) is 7.11 Å². The lowest BCUT2D eigenvalue weighted by molar-refractivity contribution is -0.281. The van der Waals surface area contributed by atoms with Crippen molar-refractivity contribution in [1.82, 2.24) is 0 Å². The highest BCUT2D eigenvalue weighted by Crippen LogP contribution is 2.37. The number of methoxy groups -OCH3 is 2. The van der Waals surface area contributed by atoms with Crippen molar-refractivity contribution in [3.05, 3.63) is 47.0 Å². The van der Waals surface area contributed by atoms with Crippen LogP contribution in [0.5, 0.6) is 0 Å². The van der Waals surface area contributed by atoms with E-state index < -0.39 is 18.2 Å². The summed E-state index contributed by atoms with van der Waals surface area (Å²) in [6, 6.07) is 5.91. The molecule has 1 aliphatic rings. The van der Waals surface area contributed by atoms with E-state index in [4.69, 9.17) is 14.2 Å². The molecule has 0 aliphatic carbocycles. The smallest absolute Gasteiger partial charge is 0.221 e. The van der Waals surface area contributed by atoms with Gasteiger partial charge in [-0.3, -0.25) is 0 Å². The van der Waals surface area contributed by atoms with Crippen molar-refractivity contribution in [3.63, 3.8) is 0 Å². The molecule has 3 unspecified atom stereocenters. The molecule has 0 aromatic heterocycles. The van der Waals surface area contributed by atoms with Gasteiger partial charge in [0.1, 0.15) is 6.10 Å². The molecule has 0 bridgehead atoms. The summed E-state index contributed by atoms with van der Waals surface area (Å²) >= 11 is 0. The normalized spacial score (nSPS) is 27.7. The molecule has 1 aromatic rings. The molecule has 4 nitrogen and oxygen atoms in total. The summed E-state index contributed by atoms with van der Waals surface area (Å²) < 4.78 is 16.1. The Labute approximate surface area is 113 Å². The zero-order valence-corrected chi connectivity index (χ0v) is 11.7. The van der Waals surface area contributed by atoms with Crippen molar-refractivity contribution in [2.24, 2.45) is 0 Å². The second-order valence-corrected chi connectivity index (χ2v) is 4.83. The van der Waals surface area contributed by atoms with E-state index in [0.717, 1.165) is 16.7 Å². The highest BCUT2D eigenvalue weighted by Gasteiger charge is 2.43. The first-order valence-electron chi connectivity index (χ1n) is 6.22. The zero-order valence-electron chi connectivity index (χ0n) is 11.7. The van der Waals surface area contributed by atoms with Crippen LogP contribution in [-0.2, 0) is 14.2 Å². The summed E-state index contributed by atoms with van der Waals surface area (Å²) in [5.41, 5.74) is 2.94. The fourth-order valence-corrected chi connectivity index (χ4v) is 2.38. The van der Waals surface area contributed by atoms with Crippen molar-refractivity contribution in [3.8, 4) is 0 Å². The third-order valence-corrected chi connectivity index (χ3v) is 3.28. The van der Waals surface area contributed by atoms with E-state index in [1.807, 2.05) is 26.0 Å². The Balaban J connectivity index is 2.31. The van der Waals surface area contributed by atoms with E-state index in [1.54, 1.807) is 19.3 Å². The second-order valence-electron chi connectivity index (χ2n) is 4.83. The van der Waals surface area contributed by atoms with Crippen LogP contribution in [-0.4, -0.2) is 31.4 Å². The van der Waals surface area contributed by atoms with Gasteiger partial charge < -0.3 is 19.3 Å². The predicted octanol–water partition coefficient (Wildman–Crippen LogP) is 2.24. The number of benzene rings is 1. The minimum absolute atomic E-state index is 0.500. The highest BCUT2D eigenvalue weighted by molar-refractivity contribution is 5.32. The lowest BCUT2D eigenvalue weighted by Crippen LogP contribution is -2.39. The third-order valence-electron chi connectivity index (χ3n) is 3.28. The van der Waals surface area contributed by atoms with E-state index in [-0.39, 0.29) is 0 Å². The van der Waals surface area contributed by atoms with Crippen molar-refractivity contribution < 1.29 is 19.3 Å². The molecular weight excluding hydrogens is 244 g/mol. The minimum atomic E-state index is -1.19. The Morgan fingerprint density at radius 1 is 1.21 bits per heavy atom. The van der Waals surface area contributed by atoms with E-state index >= 15 is 0 Å². The predicted molar refractivity (Wildman–Crippen MR) is 71.6 cm³/mol. The number of aryl methyl sites for hydroxylation is 2. The van der Waals surface area contributed by atoms with Crippen molar-refractivity contribution in [1.29, 1.82) is 0 Å². The number of hydrogen-bond donors (Lipinski definition) is 1. The molecule has 4 heteroatoms. The molecule has 104 valence electrons. The standard InChI is InChI=1S/C15H20O4/c1-10-7-11(2)9-12(8-10)14(16)15(18-4)6-5-13(17-3)19-15/h5-9,13-14,16H,1-4H3. The second kappa shape index (κ2) is 5.43. The van der Waals surface area contributed by atoms with Gasteiger partial charge in [-0.2, -0.15) is 0 Å². The molecule has 3 atom stereocenters. The van der Waals surface area contributed by atoms with Gasteiger partial charge in [0.15, 0.2) is 6.29 Å². The molecule has 19 heavy (non-hydrogen) atoms. The van der Waals surface area contributed by atoms with Gasteiger partial charge in [0, 0.05) is 14.2 Å². The minimum Gasteiger partial charge on any atom is -0.382 e. The largest absolute Gasteiger partial charge is 0.382 e. The van der Waals surface area contributed by atoms with E-state index in [2.05, 4.69) is 6.07 Å². The van der Waals surface area contributed by atoms with Crippen molar-refractivity contribution in [2.45, 2.75) is 32.0 Å². The van der Waals surface area contributed by atoms with Gasteiger partial charge >= 0.3 is 0 Å². The number of aliphatic hydroxyl groups is 1. The van der Waals surface area contributed by atoms with Gasteiger partial charge in [-0.15, -0.1) is 0 Å². The topological polar surface area (TPSA) is 47.9 Å². The third kappa shape index (κ3) is 2.72. The Hall–Kier alpha value is -1.20. The van der Waals surface area contributed by atoms with Gasteiger partial charge in [0.25, 0.3) is 0 Å². The van der Waals surface area contributed by atoms with Crippen LogP contribution in [0.25, 0.3) is 0 Å². The number of ether oxygens (including phenoxy) is 3. The Morgan fingerprint density at radius 2 is 1.84 bits per heavy atom. The molecule has 0 fully saturated rings. The van der Waals surface area contributed by atoms with Crippen molar-refractivity contribution in [2.75, 3.05) is 14.2 Å². The molecule has 0 spiro atoms. The van der Waals surface area contributed by atoms with Crippen LogP contribution in [0.2, 0.25) is 0 Å². The van der Waals surface area contributed by atoms with Crippen LogP contribution in [0.1, 0.15) is 22.8 Å². The Bertz CT molecular complexity index is 463. The first-order chi connectivity index (χ1) is 9.00. The maximum absolute atomic E-state index is 10.6. The number of rotatable bonds is 4. The number of hydrogen-bond acceptors (Lipinski definition) is 4. The Kier molecular flexibility index (Phi) is 4.06. The van der Waals surface area contributed by atoms with Crippen LogP contribution >= 0.6 is 0 Å². The SMILES string of the molecule is COC1C=CC(OC)(C(O)c2cc(C)cc(C)c2)O1. The molecule has 0 radical (unpaired) electrons. The summed E-state index contributed by atoms with van der Waals surface area (Å²) in [5, 5.41) is 10.6. The van der Waals surface area contributed by atoms with Gasteiger partial charge in [0.2, 0.25) is 5.79 Å². The van der Waals surface area contributed by atoms with E-state index in [9.17, 15) is 5.11 Å². The first kappa shape index (κ1) is 14.2. The maximum atomic E-state index is 10.6. The fraction of sp³-hybridized carbons (Fsp3) is 0.467. The van der Waals surface area contributed by atoms with Crippen LogP contribution in [0, 0.1) is 13.8 Å². The summed E-state index contributed by atoms with van der Waals surface area (Å²) in [6.45, 7) is 3.98. The molecule has 1 N–H and O–H groups in total. The van der Waals surface area contributed by atoms with Crippen LogP contribution < -0.4 is 0 Å². The molecule has 1 heterocycles. The lowest BCUT2D eigenvalue weighted by Gasteiger charge is -2.32. The average Bonchev–Trinajstić information content (AvgIpc) is 2.81. The first-order valence-corrected chi connectivity index (χ1v) is 6.22. The molecule has 1 aliphatic heterocycles. The molecule has 2 rings (SSSR count). The number of aliphatic hydroxyl groups excluding tert-OH is 1. The maximum Gasteiger partial charge on any atom is 0.221 e.